The molecule has 0 aliphatic rings. The molecule has 2 aromatic rings. The predicted molar refractivity (Wildman–Crippen MR) is 84.0 cm³/mol. The van der Waals surface area contributed by atoms with Crippen LogP contribution in [-0.4, -0.2) is 10.5 Å². The Morgan fingerprint density at radius 2 is 1.89 bits per heavy atom. The first-order chi connectivity index (χ1) is 8.92. The Hall–Kier alpha value is -0.840. The van der Waals surface area contributed by atoms with Gasteiger partial charge in [0, 0.05) is 28.1 Å². The molecule has 4 heteroatoms. The van der Waals surface area contributed by atoms with Gasteiger partial charge < -0.3 is 5.32 Å². The Morgan fingerprint density at radius 3 is 2.42 bits per heavy atom. The van der Waals surface area contributed by atoms with Crippen molar-refractivity contribution >= 4 is 23.1 Å². The zero-order chi connectivity index (χ0) is 13.9. The van der Waals surface area contributed by atoms with Gasteiger partial charge in [0.1, 0.15) is 0 Å². The first-order valence-corrected chi connectivity index (χ1v) is 8.06. The third kappa shape index (κ3) is 4.97. The average Bonchev–Trinajstić information content (AvgIpc) is 2.73. The third-order valence-corrected chi connectivity index (χ3v) is 4.61. The Morgan fingerprint density at radius 1 is 1.21 bits per heavy atom. The zero-order valence-electron chi connectivity index (χ0n) is 11.9. The van der Waals surface area contributed by atoms with Crippen LogP contribution in [0.1, 0.15) is 32.0 Å². The van der Waals surface area contributed by atoms with Crippen molar-refractivity contribution in [2.75, 3.05) is 0 Å². The average molecular weight is 292 g/mol. The molecule has 0 saturated heterocycles. The molecule has 0 bridgehead atoms. The second-order valence-corrected chi connectivity index (χ2v) is 7.78. The van der Waals surface area contributed by atoms with Crippen LogP contribution in [0.2, 0.25) is 0 Å². The van der Waals surface area contributed by atoms with Gasteiger partial charge in [0.05, 0.1) is 0 Å². The van der Waals surface area contributed by atoms with Crippen LogP contribution in [0.4, 0.5) is 0 Å². The van der Waals surface area contributed by atoms with Crippen molar-refractivity contribution in [1.82, 2.24) is 10.3 Å². The van der Waals surface area contributed by atoms with Crippen LogP contribution in [0.3, 0.4) is 0 Å². The Bertz CT molecular complexity index is 524. The van der Waals surface area contributed by atoms with Gasteiger partial charge in [-0.3, -0.25) is 0 Å². The molecule has 102 valence electrons. The summed E-state index contributed by atoms with van der Waals surface area (Å²) in [4.78, 5) is 5.71. The topological polar surface area (TPSA) is 24.9 Å². The normalized spacial score (nSPS) is 11.8. The lowest BCUT2D eigenvalue weighted by Crippen LogP contribution is -2.35. The number of benzene rings is 1. The maximum atomic E-state index is 4.47. The van der Waals surface area contributed by atoms with Crippen molar-refractivity contribution in [3.8, 4) is 0 Å². The Balaban J connectivity index is 1.95. The van der Waals surface area contributed by atoms with E-state index in [2.05, 4.69) is 60.7 Å². The van der Waals surface area contributed by atoms with Gasteiger partial charge in [0.25, 0.3) is 0 Å². The Kier molecular flexibility index (Phi) is 4.66. The molecule has 1 aromatic carbocycles. The summed E-state index contributed by atoms with van der Waals surface area (Å²) in [6, 6.07) is 8.70. The van der Waals surface area contributed by atoms with Gasteiger partial charge >= 0.3 is 0 Å². The van der Waals surface area contributed by atoms with Crippen molar-refractivity contribution < 1.29 is 0 Å². The van der Waals surface area contributed by atoms with Gasteiger partial charge in [-0.05, 0) is 45.4 Å². The molecule has 2 nitrogen and oxygen atoms in total. The van der Waals surface area contributed by atoms with Gasteiger partial charge in [0.2, 0.25) is 0 Å². The van der Waals surface area contributed by atoms with E-state index in [9.17, 15) is 0 Å². The van der Waals surface area contributed by atoms with Crippen LogP contribution < -0.4 is 5.32 Å². The molecule has 19 heavy (non-hydrogen) atoms. The molecule has 0 aliphatic carbocycles. The van der Waals surface area contributed by atoms with Crippen molar-refractivity contribution in [3.63, 3.8) is 0 Å². The molecular weight excluding hydrogens is 272 g/mol. The molecule has 1 heterocycles. The van der Waals surface area contributed by atoms with Crippen LogP contribution >= 0.6 is 23.1 Å². The van der Waals surface area contributed by atoms with E-state index in [-0.39, 0.29) is 5.54 Å². The van der Waals surface area contributed by atoms with E-state index in [0.29, 0.717) is 0 Å². The standard InChI is InChI=1S/C15H20N2S2/c1-11-10-18-14(17-11)19-13-7-5-12(6-8-13)9-16-15(2,3)4/h5-8,10,16H,9H2,1-4H3. The summed E-state index contributed by atoms with van der Waals surface area (Å²) in [5, 5.41) is 5.58. The molecule has 0 atom stereocenters. The summed E-state index contributed by atoms with van der Waals surface area (Å²) in [5.41, 5.74) is 2.57. The smallest absolute Gasteiger partial charge is 0.154 e. The van der Waals surface area contributed by atoms with E-state index in [1.54, 1.807) is 23.1 Å². The maximum absolute atomic E-state index is 4.47. The quantitative estimate of drug-likeness (QED) is 0.898. The number of thiazole rings is 1. The predicted octanol–water partition coefficient (Wildman–Crippen LogP) is 4.49. The second kappa shape index (κ2) is 6.07. The van der Waals surface area contributed by atoms with Gasteiger partial charge in [-0.25, -0.2) is 4.98 Å². The van der Waals surface area contributed by atoms with E-state index in [4.69, 9.17) is 0 Å². The van der Waals surface area contributed by atoms with Crippen LogP contribution in [-0.2, 0) is 6.54 Å². The first kappa shape index (κ1) is 14.6. The van der Waals surface area contributed by atoms with Crippen LogP contribution in [0.5, 0.6) is 0 Å². The largest absolute Gasteiger partial charge is 0.308 e. The minimum atomic E-state index is 0.159. The number of hydrogen-bond donors (Lipinski definition) is 1. The molecule has 2 rings (SSSR count). The van der Waals surface area contributed by atoms with E-state index in [1.807, 2.05) is 6.92 Å². The molecule has 0 saturated carbocycles. The lowest BCUT2D eigenvalue weighted by molar-refractivity contribution is 0.424. The van der Waals surface area contributed by atoms with Crippen molar-refractivity contribution in [3.05, 3.63) is 40.9 Å². The van der Waals surface area contributed by atoms with Gasteiger partial charge in [0.15, 0.2) is 4.34 Å². The van der Waals surface area contributed by atoms with Crippen LogP contribution in [0.25, 0.3) is 0 Å². The summed E-state index contributed by atoms with van der Waals surface area (Å²) >= 11 is 3.43. The van der Waals surface area contributed by atoms with Gasteiger partial charge in [-0.1, -0.05) is 23.9 Å². The molecule has 1 aromatic heterocycles. The number of aromatic nitrogens is 1. The van der Waals surface area contributed by atoms with Crippen molar-refractivity contribution in [2.24, 2.45) is 0 Å². The molecule has 0 spiro atoms. The summed E-state index contributed by atoms with van der Waals surface area (Å²) in [5.74, 6) is 0. The first-order valence-electron chi connectivity index (χ1n) is 6.36. The van der Waals surface area contributed by atoms with E-state index < -0.39 is 0 Å². The fourth-order valence-electron chi connectivity index (χ4n) is 1.52. The molecule has 0 radical (unpaired) electrons. The minimum absolute atomic E-state index is 0.159. The molecule has 0 unspecified atom stereocenters. The lowest BCUT2D eigenvalue weighted by Gasteiger charge is -2.20. The number of nitrogens with zero attached hydrogens (tertiary/aromatic N) is 1. The van der Waals surface area contributed by atoms with Crippen molar-refractivity contribution in [1.29, 1.82) is 0 Å². The highest BCUT2D eigenvalue weighted by atomic mass is 32.2. The fraction of sp³-hybridized carbons (Fsp3) is 0.400. The van der Waals surface area contributed by atoms with E-state index in [0.717, 1.165) is 16.6 Å². The Labute approximate surface area is 123 Å². The number of rotatable bonds is 4. The number of hydrogen-bond acceptors (Lipinski definition) is 4. The highest BCUT2D eigenvalue weighted by Gasteiger charge is 2.08. The van der Waals surface area contributed by atoms with Crippen LogP contribution in [0.15, 0.2) is 38.9 Å². The number of aryl methyl sites for hydroxylation is 1. The highest BCUT2D eigenvalue weighted by molar-refractivity contribution is 8.01. The SMILES string of the molecule is Cc1csc(Sc2ccc(CNC(C)(C)C)cc2)n1. The third-order valence-electron chi connectivity index (χ3n) is 2.55. The van der Waals surface area contributed by atoms with Crippen LogP contribution in [0, 0.1) is 6.92 Å². The summed E-state index contributed by atoms with van der Waals surface area (Å²) in [6.07, 6.45) is 0. The maximum Gasteiger partial charge on any atom is 0.154 e. The summed E-state index contributed by atoms with van der Waals surface area (Å²) in [6.45, 7) is 9.48. The lowest BCUT2D eigenvalue weighted by atomic mass is 10.1. The summed E-state index contributed by atoms with van der Waals surface area (Å²) < 4.78 is 1.11. The van der Waals surface area contributed by atoms with Gasteiger partial charge in [-0.2, -0.15) is 0 Å². The minimum Gasteiger partial charge on any atom is -0.308 e. The molecule has 0 amide bonds. The number of nitrogens with one attached hydrogen (secondary N) is 1. The second-order valence-electron chi connectivity index (χ2n) is 5.60. The van der Waals surface area contributed by atoms with E-state index >= 15 is 0 Å². The summed E-state index contributed by atoms with van der Waals surface area (Å²) in [7, 11) is 0. The monoisotopic (exact) mass is 292 g/mol. The highest BCUT2D eigenvalue weighted by Crippen LogP contribution is 2.30. The zero-order valence-corrected chi connectivity index (χ0v) is 13.5. The fourth-order valence-corrected chi connectivity index (χ4v) is 3.33. The molecule has 0 aliphatic heterocycles. The molecule has 0 fully saturated rings. The molecular formula is C15H20N2S2. The van der Waals surface area contributed by atoms with Crippen molar-refractivity contribution in [2.45, 2.75) is 49.0 Å². The van der Waals surface area contributed by atoms with Gasteiger partial charge in [-0.15, -0.1) is 11.3 Å². The molecule has 1 N–H and O–H groups in total. The van der Waals surface area contributed by atoms with E-state index in [1.165, 1.54) is 10.5 Å².